The van der Waals surface area contributed by atoms with Crippen molar-refractivity contribution in [2.75, 3.05) is 31.1 Å². The van der Waals surface area contributed by atoms with Gasteiger partial charge in [0.2, 0.25) is 0 Å². The fourth-order valence-corrected chi connectivity index (χ4v) is 3.96. The van der Waals surface area contributed by atoms with Crippen LogP contribution in [0.2, 0.25) is 0 Å². The Balaban J connectivity index is 1.32. The van der Waals surface area contributed by atoms with Crippen molar-refractivity contribution in [3.8, 4) is 11.4 Å². The van der Waals surface area contributed by atoms with E-state index in [4.69, 9.17) is 0 Å². The van der Waals surface area contributed by atoms with Crippen LogP contribution in [0.15, 0.2) is 66.9 Å². The Labute approximate surface area is 183 Å². The van der Waals surface area contributed by atoms with Crippen LogP contribution in [0, 0.1) is 10.1 Å². The molecule has 1 amide bonds. The van der Waals surface area contributed by atoms with Gasteiger partial charge in [0.15, 0.2) is 5.82 Å². The van der Waals surface area contributed by atoms with E-state index in [1.807, 2.05) is 35.2 Å². The summed E-state index contributed by atoms with van der Waals surface area (Å²) in [7, 11) is 0. The number of aromatic amines is 1. The van der Waals surface area contributed by atoms with Crippen LogP contribution in [0.4, 0.5) is 11.4 Å². The van der Waals surface area contributed by atoms with Gasteiger partial charge in [0, 0.05) is 49.4 Å². The molecule has 160 valence electrons. The maximum Gasteiger partial charge on any atom is 0.292 e. The third kappa shape index (κ3) is 3.64. The first-order valence-electron chi connectivity index (χ1n) is 10.3. The topological polar surface area (TPSA) is 108 Å². The highest BCUT2D eigenvalue weighted by Gasteiger charge is 2.26. The van der Waals surface area contributed by atoms with E-state index in [0.29, 0.717) is 49.0 Å². The van der Waals surface area contributed by atoms with E-state index in [1.165, 1.54) is 6.07 Å². The standard InChI is InChI=1S/C23H20N6O3/c30-23(28-12-10-27(11-13-28)19-8-4-5-9-20(19)29(31)32)18-14-17-15-24-21(26-22(17)25-18)16-6-2-1-3-7-16/h1-9,14-15H,10-13H2,(H,24,25,26). The van der Waals surface area contributed by atoms with Gasteiger partial charge in [-0.25, -0.2) is 9.97 Å². The number of benzene rings is 2. The molecular weight excluding hydrogens is 408 g/mol. The fourth-order valence-electron chi connectivity index (χ4n) is 3.96. The third-order valence-corrected chi connectivity index (χ3v) is 5.62. The number of piperazine rings is 1. The van der Waals surface area contributed by atoms with Crippen molar-refractivity contribution >= 4 is 28.3 Å². The van der Waals surface area contributed by atoms with Crippen LogP contribution >= 0.6 is 0 Å². The molecule has 2 aromatic carbocycles. The number of hydrogen-bond donors (Lipinski definition) is 1. The van der Waals surface area contributed by atoms with Gasteiger partial charge in [-0.2, -0.15) is 0 Å². The lowest BCUT2D eigenvalue weighted by Crippen LogP contribution is -2.49. The van der Waals surface area contributed by atoms with Gasteiger partial charge in [-0.05, 0) is 12.1 Å². The van der Waals surface area contributed by atoms with Gasteiger partial charge < -0.3 is 14.8 Å². The molecule has 9 heteroatoms. The van der Waals surface area contributed by atoms with Crippen LogP contribution in [0.5, 0.6) is 0 Å². The Kier molecular flexibility index (Phi) is 4.98. The van der Waals surface area contributed by atoms with E-state index in [-0.39, 0.29) is 16.5 Å². The fraction of sp³-hybridized carbons (Fsp3) is 0.174. The van der Waals surface area contributed by atoms with Crippen molar-refractivity contribution in [1.82, 2.24) is 19.9 Å². The number of nitro benzene ring substituents is 1. The Morgan fingerprint density at radius 1 is 1.00 bits per heavy atom. The van der Waals surface area contributed by atoms with Gasteiger partial charge in [0.1, 0.15) is 17.0 Å². The number of carbonyl (C=O) groups excluding carboxylic acids is 1. The number of fused-ring (bicyclic) bond motifs is 1. The highest BCUT2D eigenvalue weighted by molar-refractivity contribution is 5.97. The van der Waals surface area contributed by atoms with Crippen LogP contribution in [-0.2, 0) is 0 Å². The molecule has 0 bridgehead atoms. The molecule has 0 atom stereocenters. The molecule has 0 saturated carbocycles. The third-order valence-electron chi connectivity index (χ3n) is 5.62. The number of nitro groups is 1. The second-order valence-corrected chi connectivity index (χ2v) is 7.57. The second kappa shape index (κ2) is 8.10. The molecule has 0 aliphatic carbocycles. The highest BCUT2D eigenvalue weighted by atomic mass is 16.6. The van der Waals surface area contributed by atoms with E-state index in [1.54, 1.807) is 35.4 Å². The lowest BCUT2D eigenvalue weighted by molar-refractivity contribution is -0.384. The van der Waals surface area contributed by atoms with Gasteiger partial charge in [-0.15, -0.1) is 0 Å². The minimum Gasteiger partial charge on any atom is -0.362 e. The molecule has 1 fully saturated rings. The van der Waals surface area contributed by atoms with Crippen molar-refractivity contribution in [2.24, 2.45) is 0 Å². The van der Waals surface area contributed by atoms with Crippen molar-refractivity contribution in [2.45, 2.75) is 0 Å². The van der Waals surface area contributed by atoms with Crippen LogP contribution < -0.4 is 4.90 Å². The Hall–Kier alpha value is -4.27. The largest absolute Gasteiger partial charge is 0.362 e. The van der Waals surface area contributed by atoms with Crippen molar-refractivity contribution in [3.05, 3.63) is 82.7 Å². The highest BCUT2D eigenvalue weighted by Crippen LogP contribution is 2.28. The summed E-state index contributed by atoms with van der Waals surface area (Å²) in [6, 6.07) is 18.1. The molecule has 1 N–H and O–H groups in total. The summed E-state index contributed by atoms with van der Waals surface area (Å²) in [5.74, 6) is 0.475. The Bertz CT molecular complexity index is 1300. The molecule has 3 heterocycles. The zero-order valence-electron chi connectivity index (χ0n) is 17.1. The first-order chi connectivity index (χ1) is 15.6. The summed E-state index contributed by atoms with van der Waals surface area (Å²) in [5.41, 5.74) is 2.64. The number of carbonyl (C=O) groups is 1. The van der Waals surface area contributed by atoms with Crippen LogP contribution in [-0.4, -0.2) is 56.9 Å². The first kappa shape index (κ1) is 19.7. The number of anilines is 1. The molecule has 0 unspecified atom stereocenters. The molecular formula is C23H20N6O3. The Morgan fingerprint density at radius 2 is 1.72 bits per heavy atom. The smallest absolute Gasteiger partial charge is 0.292 e. The van der Waals surface area contributed by atoms with E-state index in [0.717, 1.165) is 10.9 Å². The second-order valence-electron chi connectivity index (χ2n) is 7.57. The molecule has 1 saturated heterocycles. The van der Waals surface area contributed by atoms with Gasteiger partial charge in [-0.3, -0.25) is 14.9 Å². The van der Waals surface area contributed by atoms with Crippen molar-refractivity contribution in [3.63, 3.8) is 0 Å². The summed E-state index contributed by atoms with van der Waals surface area (Å²) in [5, 5.41) is 12.1. The minimum atomic E-state index is -0.373. The lowest BCUT2D eigenvalue weighted by atomic mass is 10.2. The number of nitrogens with one attached hydrogen (secondary N) is 1. The van der Waals surface area contributed by atoms with E-state index in [2.05, 4.69) is 15.0 Å². The maximum absolute atomic E-state index is 13.1. The summed E-state index contributed by atoms with van der Waals surface area (Å²) < 4.78 is 0. The van der Waals surface area contributed by atoms with Crippen LogP contribution in [0.25, 0.3) is 22.4 Å². The van der Waals surface area contributed by atoms with E-state index in [9.17, 15) is 14.9 Å². The number of hydrogen-bond acceptors (Lipinski definition) is 6. The summed E-state index contributed by atoms with van der Waals surface area (Å²) >= 11 is 0. The summed E-state index contributed by atoms with van der Waals surface area (Å²) in [6.45, 7) is 1.99. The lowest BCUT2D eigenvalue weighted by Gasteiger charge is -2.35. The Morgan fingerprint density at radius 3 is 2.47 bits per heavy atom. The molecule has 0 spiro atoms. The number of para-hydroxylation sites is 2. The predicted octanol–water partition coefficient (Wildman–Crippen LogP) is 3.50. The minimum absolute atomic E-state index is 0.0793. The molecule has 2 aromatic heterocycles. The van der Waals surface area contributed by atoms with Crippen molar-refractivity contribution in [1.29, 1.82) is 0 Å². The number of H-pyrrole nitrogens is 1. The monoisotopic (exact) mass is 428 g/mol. The zero-order chi connectivity index (χ0) is 22.1. The van der Waals surface area contributed by atoms with E-state index < -0.39 is 0 Å². The summed E-state index contributed by atoms with van der Waals surface area (Å²) in [6.07, 6.45) is 1.71. The molecule has 0 radical (unpaired) electrons. The molecule has 5 rings (SSSR count). The first-order valence-corrected chi connectivity index (χ1v) is 10.3. The summed E-state index contributed by atoms with van der Waals surface area (Å²) in [4.78, 5) is 39.8. The average molecular weight is 428 g/mol. The van der Waals surface area contributed by atoms with Gasteiger partial charge >= 0.3 is 0 Å². The van der Waals surface area contributed by atoms with Crippen molar-refractivity contribution < 1.29 is 9.72 Å². The number of nitrogens with zero attached hydrogens (tertiary/aromatic N) is 5. The molecule has 32 heavy (non-hydrogen) atoms. The molecule has 4 aromatic rings. The van der Waals surface area contributed by atoms with E-state index >= 15 is 0 Å². The van der Waals surface area contributed by atoms with Gasteiger partial charge in [0.25, 0.3) is 11.6 Å². The molecule has 9 nitrogen and oxygen atoms in total. The SMILES string of the molecule is O=C(c1cc2cnc(-c3ccccc3)nc2[nH]1)N1CCN(c2ccccc2[N+](=O)[O-])CC1. The van der Waals surface area contributed by atoms with Crippen LogP contribution in [0.3, 0.4) is 0 Å². The molecule has 1 aliphatic heterocycles. The molecule has 1 aliphatic rings. The number of amides is 1. The van der Waals surface area contributed by atoms with Crippen LogP contribution in [0.1, 0.15) is 10.5 Å². The normalized spacial score (nSPS) is 14.0. The number of aromatic nitrogens is 3. The zero-order valence-corrected chi connectivity index (χ0v) is 17.1. The average Bonchev–Trinajstić information content (AvgIpc) is 3.28. The van der Waals surface area contributed by atoms with Gasteiger partial charge in [0.05, 0.1) is 4.92 Å². The maximum atomic E-state index is 13.1. The van der Waals surface area contributed by atoms with Gasteiger partial charge in [-0.1, -0.05) is 42.5 Å². The quantitative estimate of drug-likeness (QED) is 0.394. The predicted molar refractivity (Wildman–Crippen MR) is 121 cm³/mol. The number of rotatable bonds is 4.